The lowest BCUT2D eigenvalue weighted by atomic mass is 10.0. The molecule has 3 heterocycles. The summed E-state index contributed by atoms with van der Waals surface area (Å²) < 4.78 is 0. The SMILES string of the molecule is C=CC(=O)Nc1cc(C(=O)NC2CCN(C)CC2)ccc1Nc1ncc2c(n1)N(C)C(=O)N(c1c(Cl)c(O)cc(O)c1Cl)C2. The van der Waals surface area contributed by atoms with Crippen LogP contribution in [0.15, 0.2) is 43.1 Å². The van der Waals surface area contributed by atoms with Crippen molar-refractivity contribution in [3.8, 4) is 11.5 Å². The number of phenolic OH excluding ortho intramolecular Hbond substituents is 2. The lowest BCUT2D eigenvalue weighted by Gasteiger charge is -2.35. The Balaban J connectivity index is 1.40. The monoisotopic (exact) mass is 640 g/mol. The van der Waals surface area contributed by atoms with Crippen molar-refractivity contribution in [1.82, 2.24) is 20.2 Å². The second-order valence-corrected chi connectivity index (χ2v) is 11.2. The number of hydrogen-bond donors (Lipinski definition) is 5. The number of urea groups is 1. The third-order valence-corrected chi connectivity index (χ3v) is 8.19. The van der Waals surface area contributed by atoms with Crippen LogP contribution in [0.5, 0.6) is 11.5 Å². The fourth-order valence-corrected chi connectivity index (χ4v) is 5.55. The Morgan fingerprint density at radius 1 is 1.07 bits per heavy atom. The number of fused-ring (bicyclic) bond motifs is 1. The molecule has 2 aliphatic heterocycles. The minimum Gasteiger partial charge on any atom is -0.506 e. The number of amides is 4. The molecule has 3 aromatic rings. The smallest absolute Gasteiger partial charge is 0.330 e. The van der Waals surface area contributed by atoms with Crippen LogP contribution in [-0.2, 0) is 11.3 Å². The van der Waals surface area contributed by atoms with E-state index in [4.69, 9.17) is 23.2 Å². The van der Waals surface area contributed by atoms with Gasteiger partial charge in [-0.1, -0.05) is 29.8 Å². The van der Waals surface area contributed by atoms with Gasteiger partial charge in [0.2, 0.25) is 11.9 Å². The molecule has 0 bridgehead atoms. The van der Waals surface area contributed by atoms with Crippen molar-refractivity contribution in [2.75, 3.05) is 47.6 Å². The van der Waals surface area contributed by atoms with Gasteiger partial charge in [-0.25, -0.2) is 9.78 Å². The van der Waals surface area contributed by atoms with Crippen molar-refractivity contribution >= 4 is 69.9 Å². The van der Waals surface area contributed by atoms with E-state index in [1.165, 1.54) is 23.0 Å². The van der Waals surface area contributed by atoms with Crippen LogP contribution in [0, 0.1) is 0 Å². The highest BCUT2D eigenvalue weighted by Gasteiger charge is 2.34. The predicted octanol–water partition coefficient (Wildman–Crippen LogP) is 4.46. The Morgan fingerprint density at radius 2 is 1.75 bits per heavy atom. The number of halogens is 2. The number of phenols is 2. The molecule has 13 nitrogen and oxygen atoms in total. The predicted molar refractivity (Wildman–Crippen MR) is 168 cm³/mol. The normalized spacial score (nSPS) is 15.5. The summed E-state index contributed by atoms with van der Waals surface area (Å²) >= 11 is 12.5. The first-order valence-corrected chi connectivity index (χ1v) is 14.4. The van der Waals surface area contributed by atoms with Gasteiger partial charge in [0.1, 0.15) is 27.4 Å². The summed E-state index contributed by atoms with van der Waals surface area (Å²) in [6.45, 7) is 5.24. The minimum absolute atomic E-state index is 0.0527. The van der Waals surface area contributed by atoms with Gasteiger partial charge in [0, 0.05) is 36.5 Å². The van der Waals surface area contributed by atoms with E-state index < -0.39 is 23.4 Å². The molecule has 0 radical (unpaired) electrons. The molecule has 0 spiro atoms. The Kier molecular flexibility index (Phi) is 8.81. The molecule has 0 aliphatic carbocycles. The van der Waals surface area contributed by atoms with Gasteiger partial charge < -0.3 is 31.1 Å². The first-order valence-electron chi connectivity index (χ1n) is 13.6. The van der Waals surface area contributed by atoms with Gasteiger partial charge in [0.25, 0.3) is 5.91 Å². The number of rotatable bonds is 7. The maximum absolute atomic E-state index is 13.3. The third-order valence-electron chi connectivity index (χ3n) is 7.44. The molecular formula is C29H30Cl2N8O5. The van der Waals surface area contributed by atoms with Crippen LogP contribution in [0.4, 0.5) is 33.6 Å². The molecule has 2 aromatic carbocycles. The molecule has 0 atom stereocenters. The van der Waals surface area contributed by atoms with Crippen molar-refractivity contribution in [1.29, 1.82) is 0 Å². The standard InChI is InChI=1S/C29H30Cl2N8O5/c1-4-22(42)34-19-11-15(27(43)33-17-7-9-37(2)10-8-17)5-6-18(19)35-28-32-13-16-14-39(29(44)38(3)26(16)36-28)25-23(30)20(40)12-21(41)24(25)31/h4-6,11-13,17,40-41H,1,7-10,14H2,2-3H3,(H,33,43)(H,34,42)(H,32,35,36). The Hall–Kier alpha value is -4.59. The van der Waals surface area contributed by atoms with Crippen LogP contribution in [0.25, 0.3) is 0 Å². The van der Waals surface area contributed by atoms with Crippen LogP contribution < -0.4 is 25.8 Å². The largest absolute Gasteiger partial charge is 0.506 e. The van der Waals surface area contributed by atoms with Crippen LogP contribution >= 0.6 is 23.2 Å². The summed E-state index contributed by atoms with van der Waals surface area (Å²) in [4.78, 5) is 52.1. The molecule has 2 aliphatic rings. The van der Waals surface area contributed by atoms with Crippen molar-refractivity contribution in [2.45, 2.75) is 25.4 Å². The third kappa shape index (κ3) is 6.20. The molecule has 230 valence electrons. The van der Waals surface area contributed by atoms with E-state index in [-0.39, 0.29) is 46.0 Å². The maximum Gasteiger partial charge on any atom is 0.330 e. The average molecular weight is 642 g/mol. The van der Waals surface area contributed by atoms with Gasteiger partial charge in [0.15, 0.2) is 0 Å². The van der Waals surface area contributed by atoms with Crippen LogP contribution in [-0.4, -0.2) is 76.2 Å². The molecule has 1 aromatic heterocycles. The minimum atomic E-state index is -0.574. The summed E-state index contributed by atoms with van der Waals surface area (Å²) in [6, 6.07) is 5.28. The number of hydrogen-bond acceptors (Lipinski definition) is 9. The molecule has 1 fully saturated rings. The lowest BCUT2D eigenvalue weighted by Crippen LogP contribution is -2.46. The van der Waals surface area contributed by atoms with Gasteiger partial charge in [-0.15, -0.1) is 0 Å². The topological polar surface area (TPSA) is 163 Å². The summed E-state index contributed by atoms with van der Waals surface area (Å²) in [5, 5.41) is 28.6. The Labute approximate surface area is 263 Å². The number of nitrogens with zero attached hydrogens (tertiary/aromatic N) is 5. The summed E-state index contributed by atoms with van der Waals surface area (Å²) in [7, 11) is 3.53. The van der Waals surface area contributed by atoms with Gasteiger partial charge in [-0.3, -0.25) is 19.4 Å². The zero-order chi connectivity index (χ0) is 31.7. The molecule has 5 rings (SSSR count). The van der Waals surface area contributed by atoms with Gasteiger partial charge in [0.05, 0.1) is 23.6 Å². The van der Waals surface area contributed by atoms with E-state index in [0.717, 1.165) is 38.1 Å². The number of likely N-dealkylation sites (tertiary alicyclic amines) is 1. The number of aromatic hydroxyl groups is 2. The van der Waals surface area contributed by atoms with E-state index in [1.807, 2.05) is 7.05 Å². The van der Waals surface area contributed by atoms with Crippen LogP contribution in [0.3, 0.4) is 0 Å². The molecule has 0 saturated carbocycles. The molecule has 1 saturated heterocycles. The van der Waals surface area contributed by atoms with Crippen molar-refractivity contribution in [3.63, 3.8) is 0 Å². The van der Waals surface area contributed by atoms with Gasteiger partial charge >= 0.3 is 6.03 Å². The number of carbonyl (C=O) groups excluding carboxylic acids is 3. The number of piperidine rings is 1. The first-order chi connectivity index (χ1) is 21.0. The van der Waals surface area contributed by atoms with E-state index in [0.29, 0.717) is 22.5 Å². The van der Waals surface area contributed by atoms with Crippen LogP contribution in [0.1, 0.15) is 28.8 Å². The van der Waals surface area contributed by atoms with E-state index in [1.54, 1.807) is 18.2 Å². The second-order valence-electron chi connectivity index (χ2n) is 10.5. The number of nitrogens with one attached hydrogen (secondary N) is 3. The highest BCUT2D eigenvalue weighted by atomic mass is 35.5. The Morgan fingerprint density at radius 3 is 2.41 bits per heavy atom. The van der Waals surface area contributed by atoms with Crippen molar-refractivity contribution in [2.24, 2.45) is 0 Å². The second kappa shape index (κ2) is 12.6. The number of carbonyl (C=O) groups is 3. The summed E-state index contributed by atoms with van der Waals surface area (Å²) in [5.74, 6) is -1.22. The first kappa shape index (κ1) is 30.9. The fraction of sp³-hybridized carbons (Fsp3) is 0.276. The van der Waals surface area contributed by atoms with Crippen LogP contribution in [0.2, 0.25) is 10.0 Å². The quantitative estimate of drug-likeness (QED) is 0.235. The molecule has 5 N–H and O–H groups in total. The summed E-state index contributed by atoms with van der Waals surface area (Å²) in [5.41, 5.74) is 1.53. The fourth-order valence-electron chi connectivity index (χ4n) is 5.00. The molecule has 15 heteroatoms. The highest BCUT2D eigenvalue weighted by Crippen LogP contribution is 2.47. The lowest BCUT2D eigenvalue weighted by molar-refractivity contribution is -0.111. The number of aromatic nitrogens is 2. The molecule has 0 unspecified atom stereocenters. The highest BCUT2D eigenvalue weighted by molar-refractivity contribution is 6.42. The summed E-state index contributed by atoms with van der Waals surface area (Å²) in [6.07, 6.45) is 4.31. The molecule has 4 amide bonds. The van der Waals surface area contributed by atoms with Crippen molar-refractivity contribution < 1.29 is 24.6 Å². The zero-order valence-electron chi connectivity index (χ0n) is 23.9. The molecule has 44 heavy (non-hydrogen) atoms. The maximum atomic E-state index is 13.3. The Bertz CT molecular complexity index is 1630. The zero-order valence-corrected chi connectivity index (χ0v) is 25.4. The average Bonchev–Trinajstić information content (AvgIpc) is 3.00. The number of benzene rings is 2. The van der Waals surface area contributed by atoms with E-state index >= 15 is 0 Å². The van der Waals surface area contributed by atoms with E-state index in [9.17, 15) is 24.6 Å². The molecular weight excluding hydrogens is 611 g/mol. The van der Waals surface area contributed by atoms with E-state index in [2.05, 4.69) is 37.4 Å². The van der Waals surface area contributed by atoms with Gasteiger partial charge in [-0.05, 0) is 57.3 Å². The number of anilines is 5. The van der Waals surface area contributed by atoms with Gasteiger partial charge in [-0.2, -0.15) is 4.98 Å². The van der Waals surface area contributed by atoms with Crippen molar-refractivity contribution in [3.05, 3.63) is 64.3 Å².